The van der Waals surface area contributed by atoms with Crippen LogP contribution in [0.4, 0.5) is 17.6 Å². The monoisotopic (exact) mass is 289 g/mol. The van der Waals surface area contributed by atoms with Gasteiger partial charge >= 0.3 is 6.18 Å². The van der Waals surface area contributed by atoms with Gasteiger partial charge in [0.2, 0.25) is 0 Å². The van der Waals surface area contributed by atoms with E-state index in [0.29, 0.717) is 18.4 Å². The van der Waals surface area contributed by atoms with Crippen LogP contribution in [-0.2, 0) is 11.7 Å². The molecular formula is C15H19F4N. The van der Waals surface area contributed by atoms with Crippen LogP contribution in [0.1, 0.15) is 50.7 Å². The first kappa shape index (κ1) is 15.3. The molecule has 0 amide bonds. The SMILES string of the molecule is CC1(C)CCCC(N)(c2ccc(F)c(C(F)(F)F)c2)C1. The molecule has 2 rings (SSSR count). The van der Waals surface area contributed by atoms with Gasteiger partial charge in [-0.2, -0.15) is 13.2 Å². The van der Waals surface area contributed by atoms with E-state index < -0.39 is 23.1 Å². The zero-order chi connectivity index (χ0) is 15.2. The standard InChI is InChI=1S/C15H19F4N/c1-13(2)6-3-7-14(20,9-13)10-4-5-12(16)11(8-10)15(17,18)19/h4-5,8H,3,6-7,9,20H2,1-2H3. The van der Waals surface area contributed by atoms with Crippen molar-refractivity contribution in [3.8, 4) is 0 Å². The average Bonchev–Trinajstić information content (AvgIpc) is 2.25. The largest absolute Gasteiger partial charge is 0.419 e. The highest BCUT2D eigenvalue weighted by Crippen LogP contribution is 2.45. The van der Waals surface area contributed by atoms with Crippen LogP contribution in [-0.4, -0.2) is 0 Å². The van der Waals surface area contributed by atoms with Crippen LogP contribution in [0.15, 0.2) is 18.2 Å². The van der Waals surface area contributed by atoms with Crippen molar-refractivity contribution in [2.75, 3.05) is 0 Å². The lowest BCUT2D eigenvalue weighted by Gasteiger charge is -2.43. The van der Waals surface area contributed by atoms with E-state index in [1.165, 1.54) is 6.07 Å². The van der Waals surface area contributed by atoms with Crippen LogP contribution in [0.3, 0.4) is 0 Å². The zero-order valence-corrected chi connectivity index (χ0v) is 11.6. The third-order valence-corrected chi connectivity index (χ3v) is 4.12. The molecule has 5 heteroatoms. The smallest absolute Gasteiger partial charge is 0.321 e. The van der Waals surface area contributed by atoms with Gasteiger partial charge in [0.15, 0.2) is 0 Å². The van der Waals surface area contributed by atoms with Gasteiger partial charge in [-0.1, -0.05) is 26.3 Å². The number of hydrogen-bond acceptors (Lipinski definition) is 1. The van der Waals surface area contributed by atoms with Gasteiger partial charge in [0.25, 0.3) is 0 Å². The second kappa shape index (κ2) is 4.72. The molecule has 1 saturated carbocycles. The second-order valence-electron chi connectivity index (χ2n) is 6.54. The van der Waals surface area contributed by atoms with Crippen LogP contribution in [0.2, 0.25) is 0 Å². The highest BCUT2D eigenvalue weighted by molar-refractivity contribution is 5.33. The predicted octanol–water partition coefficient (Wildman–Crippen LogP) is 4.60. The highest BCUT2D eigenvalue weighted by atomic mass is 19.4. The maximum absolute atomic E-state index is 13.3. The van der Waals surface area contributed by atoms with Crippen molar-refractivity contribution in [2.24, 2.45) is 11.1 Å². The summed E-state index contributed by atoms with van der Waals surface area (Å²) in [5, 5.41) is 0. The maximum Gasteiger partial charge on any atom is 0.419 e. The van der Waals surface area contributed by atoms with E-state index in [2.05, 4.69) is 13.8 Å². The molecule has 1 aliphatic rings. The fraction of sp³-hybridized carbons (Fsp3) is 0.600. The summed E-state index contributed by atoms with van der Waals surface area (Å²) in [7, 11) is 0. The van der Waals surface area contributed by atoms with Crippen LogP contribution >= 0.6 is 0 Å². The lowest BCUT2D eigenvalue weighted by atomic mass is 9.66. The van der Waals surface area contributed by atoms with Gasteiger partial charge in [-0.25, -0.2) is 4.39 Å². The molecule has 0 heterocycles. The van der Waals surface area contributed by atoms with Gasteiger partial charge in [0, 0.05) is 5.54 Å². The molecule has 1 fully saturated rings. The highest BCUT2D eigenvalue weighted by Gasteiger charge is 2.40. The summed E-state index contributed by atoms with van der Waals surface area (Å²) < 4.78 is 51.7. The number of alkyl halides is 3. The Morgan fingerprint density at radius 3 is 2.35 bits per heavy atom. The first-order valence-corrected chi connectivity index (χ1v) is 6.70. The second-order valence-corrected chi connectivity index (χ2v) is 6.54. The normalized spacial score (nSPS) is 26.6. The van der Waals surface area contributed by atoms with E-state index in [9.17, 15) is 17.6 Å². The molecule has 1 atom stereocenters. The van der Waals surface area contributed by atoms with Gasteiger partial charge < -0.3 is 5.73 Å². The van der Waals surface area contributed by atoms with E-state index in [1.54, 1.807) is 0 Å². The molecule has 1 nitrogen and oxygen atoms in total. The minimum absolute atomic E-state index is 0.0141. The molecule has 0 aliphatic heterocycles. The Bertz CT molecular complexity index is 507. The number of halogens is 4. The number of benzene rings is 1. The summed E-state index contributed by atoms with van der Waals surface area (Å²) >= 11 is 0. The summed E-state index contributed by atoms with van der Waals surface area (Å²) in [6, 6.07) is 3.12. The van der Waals surface area contributed by atoms with Crippen molar-refractivity contribution < 1.29 is 17.6 Å². The Labute approximate surface area is 116 Å². The molecule has 0 bridgehead atoms. The van der Waals surface area contributed by atoms with Crippen LogP contribution in [0, 0.1) is 11.2 Å². The summed E-state index contributed by atoms with van der Waals surface area (Å²) in [6.07, 6.45) is -1.61. The molecule has 1 aromatic carbocycles. The lowest BCUT2D eigenvalue weighted by molar-refractivity contribution is -0.140. The molecule has 1 unspecified atom stereocenters. The van der Waals surface area contributed by atoms with Gasteiger partial charge in [-0.05, 0) is 42.4 Å². The minimum Gasteiger partial charge on any atom is -0.321 e. The summed E-state index contributed by atoms with van der Waals surface area (Å²) in [5.74, 6) is -1.25. The number of rotatable bonds is 1. The molecule has 0 saturated heterocycles. The van der Waals surface area contributed by atoms with Crippen molar-refractivity contribution in [3.05, 3.63) is 35.1 Å². The summed E-state index contributed by atoms with van der Waals surface area (Å²) in [5.41, 5.74) is 4.65. The summed E-state index contributed by atoms with van der Waals surface area (Å²) in [4.78, 5) is 0. The Morgan fingerprint density at radius 2 is 1.80 bits per heavy atom. The topological polar surface area (TPSA) is 26.0 Å². The van der Waals surface area contributed by atoms with Gasteiger partial charge in [0.05, 0.1) is 5.56 Å². The number of nitrogens with two attached hydrogens (primary N) is 1. The maximum atomic E-state index is 13.3. The van der Waals surface area contributed by atoms with Crippen molar-refractivity contribution in [2.45, 2.75) is 51.2 Å². The molecule has 112 valence electrons. The Hall–Kier alpha value is -1.10. The molecule has 1 aliphatic carbocycles. The van der Waals surface area contributed by atoms with E-state index >= 15 is 0 Å². The van der Waals surface area contributed by atoms with E-state index in [0.717, 1.165) is 25.0 Å². The van der Waals surface area contributed by atoms with Gasteiger partial charge in [0.1, 0.15) is 5.82 Å². The fourth-order valence-corrected chi connectivity index (χ4v) is 3.21. The number of hydrogen-bond donors (Lipinski definition) is 1. The Kier molecular flexibility index (Phi) is 3.61. The third kappa shape index (κ3) is 2.97. The summed E-state index contributed by atoms with van der Waals surface area (Å²) in [6.45, 7) is 4.12. The predicted molar refractivity (Wildman–Crippen MR) is 69.5 cm³/mol. The van der Waals surface area contributed by atoms with Crippen molar-refractivity contribution in [3.63, 3.8) is 0 Å². The molecule has 20 heavy (non-hydrogen) atoms. The molecular weight excluding hydrogens is 270 g/mol. The average molecular weight is 289 g/mol. The quantitative estimate of drug-likeness (QED) is 0.751. The van der Waals surface area contributed by atoms with Gasteiger partial charge in [-0.3, -0.25) is 0 Å². The van der Waals surface area contributed by atoms with Gasteiger partial charge in [-0.15, -0.1) is 0 Å². The molecule has 0 aromatic heterocycles. The molecule has 0 spiro atoms. The zero-order valence-electron chi connectivity index (χ0n) is 11.6. The van der Waals surface area contributed by atoms with E-state index in [4.69, 9.17) is 5.73 Å². The molecule has 0 radical (unpaired) electrons. The third-order valence-electron chi connectivity index (χ3n) is 4.12. The fourth-order valence-electron chi connectivity index (χ4n) is 3.21. The van der Waals surface area contributed by atoms with Crippen LogP contribution < -0.4 is 5.73 Å². The molecule has 2 N–H and O–H groups in total. The van der Waals surface area contributed by atoms with E-state index in [-0.39, 0.29) is 5.41 Å². The first-order valence-electron chi connectivity index (χ1n) is 6.70. The Balaban J connectivity index is 2.43. The van der Waals surface area contributed by atoms with Crippen LogP contribution in [0.25, 0.3) is 0 Å². The molecule has 1 aromatic rings. The first-order chi connectivity index (χ1) is 9.04. The van der Waals surface area contributed by atoms with E-state index in [1.807, 2.05) is 0 Å². The van der Waals surface area contributed by atoms with Crippen molar-refractivity contribution in [1.82, 2.24) is 0 Å². The van der Waals surface area contributed by atoms with Crippen LogP contribution in [0.5, 0.6) is 0 Å². The van der Waals surface area contributed by atoms with Crippen molar-refractivity contribution in [1.29, 1.82) is 0 Å². The Morgan fingerprint density at radius 1 is 1.15 bits per heavy atom. The van der Waals surface area contributed by atoms with Crippen molar-refractivity contribution >= 4 is 0 Å². The lowest BCUT2D eigenvalue weighted by Crippen LogP contribution is -2.44. The minimum atomic E-state index is -4.69.